The molecule has 1 aromatic heterocycles. The molecule has 0 aliphatic rings. The zero-order valence-electron chi connectivity index (χ0n) is 6.44. The van der Waals surface area contributed by atoms with Crippen molar-refractivity contribution in [2.75, 3.05) is 0 Å². The summed E-state index contributed by atoms with van der Waals surface area (Å²) < 4.78 is 16.7. The van der Waals surface area contributed by atoms with Crippen LogP contribution in [0.15, 0.2) is 12.3 Å². The smallest absolute Gasteiger partial charge is 0.405 e. The number of hydrogen-bond acceptors (Lipinski definition) is 5. The summed E-state index contributed by atoms with van der Waals surface area (Å²) in [5.74, 6) is -2.28. The van der Waals surface area contributed by atoms with Gasteiger partial charge in [0, 0.05) is 17.7 Å². The molecule has 6 nitrogen and oxygen atoms in total. The number of halogens is 2. The van der Waals surface area contributed by atoms with Gasteiger partial charge >= 0.3 is 11.2 Å². The largest absolute Gasteiger partial charge is 0.409 e. The Morgan fingerprint density at radius 1 is 1.71 bits per heavy atom. The molecule has 14 heavy (non-hydrogen) atoms. The highest BCUT2D eigenvalue weighted by Crippen LogP contribution is 2.24. The van der Waals surface area contributed by atoms with Gasteiger partial charge in [0.1, 0.15) is 0 Å². The monoisotopic (exact) mass is 220 g/mol. The number of nitrogens with zero attached hydrogens (tertiary/aromatic N) is 2. The van der Waals surface area contributed by atoms with Crippen LogP contribution < -0.4 is 4.74 Å². The lowest BCUT2D eigenvalue weighted by atomic mass is 10.4. The molecule has 74 valence electrons. The van der Waals surface area contributed by atoms with Gasteiger partial charge in [-0.2, -0.15) is 0 Å². The molecule has 0 unspecified atom stereocenters. The lowest BCUT2D eigenvalue weighted by Gasteiger charge is -1.99. The molecule has 1 rings (SSSR count). The highest BCUT2D eigenvalue weighted by atomic mass is 35.5. The fourth-order valence-corrected chi connectivity index (χ4v) is 0.795. The first-order valence-electron chi connectivity index (χ1n) is 3.18. The van der Waals surface area contributed by atoms with Crippen LogP contribution in [0.2, 0.25) is 0 Å². The van der Waals surface area contributed by atoms with E-state index in [1.54, 1.807) is 0 Å². The van der Waals surface area contributed by atoms with E-state index < -0.39 is 27.7 Å². The highest BCUT2D eigenvalue weighted by molar-refractivity contribution is 6.61. The Labute approximate surface area is 81.4 Å². The third kappa shape index (κ3) is 2.36. The standard InChI is InChI=1S/C6H2ClFN2O4/c7-6(11)14-4-1-3(8)2-9-5(4)10(12)13/h1-2H. The van der Waals surface area contributed by atoms with E-state index in [0.717, 1.165) is 0 Å². The lowest BCUT2D eigenvalue weighted by Crippen LogP contribution is -2.02. The molecule has 0 aliphatic carbocycles. The Bertz CT molecular complexity index is 397. The number of carbonyl (C=O) groups excluding carboxylic acids is 1. The lowest BCUT2D eigenvalue weighted by molar-refractivity contribution is -0.390. The Morgan fingerprint density at radius 3 is 2.86 bits per heavy atom. The van der Waals surface area contributed by atoms with E-state index in [1.165, 1.54) is 0 Å². The van der Waals surface area contributed by atoms with E-state index in [0.29, 0.717) is 12.3 Å². The minimum absolute atomic E-state index is 0.629. The first-order chi connectivity index (χ1) is 6.50. The van der Waals surface area contributed by atoms with Gasteiger partial charge in [-0.15, -0.1) is 0 Å². The number of rotatable bonds is 2. The average molecular weight is 221 g/mol. The van der Waals surface area contributed by atoms with Crippen molar-refractivity contribution in [3.05, 3.63) is 28.2 Å². The first-order valence-corrected chi connectivity index (χ1v) is 3.55. The highest BCUT2D eigenvalue weighted by Gasteiger charge is 2.19. The molecule has 0 amide bonds. The maximum absolute atomic E-state index is 12.5. The van der Waals surface area contributed by atoms with Crippen LogP contribution >= 0.6 is 11.6 Å². The molecule has 0 spiro atoms. The quantitative estimate of drug-likeness (QED) is 0.432. The van der Waals surface area contributed by atoms with Gasteiger partial charge < -0.3 is 14.9 Å². The summed E-state index contributed by atoms with van der Waals surface area (Å²) in [5, 5.41) is 10.3. The minimum atomic E-state index is -1.31. The normalized spacial score (nSPS) is 9.57. The molecule has 0 radical (unpaired) electrons. The Hall–Kier alpha value is -1.76. The topological polar surface area (TPSA) is 82.3 Å². The van der Waals surface area contributed by atoms with E-state index in [4.69, 9.17) is 11.6 Å². The van der Waals surface area contributed by atoms with Crippen LogP contribution in [0.4, 0.5) is 15.0 Å². The minimum Gasteiger partial charge on any atom is -0.405 e. The van der Waals surface area contributed by atoms with Crippen molar-refractivity contribution in [2.45, 2.75) is 0 Å². The fourth-order valence-electron chi connectivity index (χ4n) is 0.712. The van der Waals surface area contributed by atoms with Crippen molar-refractivity contribution in [1.82, 2.24) is 4.98 Å². The fraction of sp³-hybridized carbons (Fsp3) is 0. The van der Waals surface area contributed by atoms with Crippen molar-refractivity contribution < 1.29 is 18.8 Å². The molecule has 0 saturated heterocycles. The van der Waals surface area contributed by atoms with E-state index >= 15 is 0 Å². The van der Waals surface area contributed by atoms with Crippen LogP contribution in [-0.4, -0.2) is 15.3 Å². The third-order valence-electron chi connectivity index (χ3n) is 1.16. The van der Waals surface area contributed by atoms with Gasteiger partial charge in [0.05, 0.1) is 0 Å². The summed E-state index contributed by atoms with van der Waals surface area (Å²) in [6.45, 7) is 0. The van der Waals surface area contributed by atoms with Crippen molar-refractivity contribution in [3.63, 3.8) is 0 Å². The molecule has 8 heteroatoms. The molecule has 0 N–H and O–H groups in total. The van der Waals surface area contributed by atoms with E-state index in [-0.39, 0.29) is 0 Å². The van der Waals surface area contributed by atoms with Gasteiger partial charge in [0.2, 0.25) is 5.75 Å². The predicted molar refractivity (Wildman–Crippen MR) is 42.7 cm³/mol. The molecule has 0 fully saturated rings. The molecular formula is C6H2ClFN2O4. The number of carbonyl (C=O) groups is 1. The molecule has 0 saturated carbocycles. The number of aromatic nitrogens is 1. The Morgan fingerprint density at radius 2 is 2.36 bits per heavy atom. The van der Waals surface area contributed by atoms with Crippen LogP contribution in [0.1, 0.15) is 0 Å². The van der Waals surface area contributed by atoms with Crippen LogP contribution in [0.25, 0.3) is 0 Å². The van der Waals surface area contributed by atoms with Crippen LogP contribution in [0.3, 0.4) is 0 Å². The van der Waals surface area contributed by atoms with Crippen molar-refractivity contribution >= 4 is 22.8 Å². The molecule has 0 aliphatic heterocycles. The molecule has 0 atom stereocenters. The molecule has 1 aromatic rings. The molecule has 0 aromatic carbocycles. The third-order valence-corrected chi connectivity index (χ3v) is 1.24. The van der Waals surface area contributed by atoms with Crippen LogP contribution in [0, 0.1) is 15.9 Å². The summed E-state index contributed by atoms with van der Waals surface area (Å²) in [6.07, 6.45) is 0.629. The van der Waals surface area contributed by atoms with Crippen molar-refractivity contribution in [1.29, 1.82) is 0 Å². The summed E-state index contributed by atoms with van der Waals surface area (Å²) in [5.41, 5.74) is -1.31. The Kier molecular flexibility index (Phi) is 2.92. The number of hydrogen-bond donors (Lipinski definition) is 0. The number of ether oxygens (including phenoxy) is 1. The van der Waals surface area contributed by atoms with Gasteiger partial charge in [0.25, 0.3) is 0 Å². The van der Waals surface area contributed by atoms with Crippen LogP contribution in [0.5, 0.6) is 5.75 Å². The van der Waals surface area contributed by atoms with E-state index in [9.17, 15) is 19.3 Å². The predicted octanol–water partition coefficient (Wildman–Crippen LogP) is 1.87. The van der Waals surface area contributed by atoms with E-state index in [1.807, 2.05) is 0 Å². The van der Waals surface area contributed by atoms with Gasteiger partial charge in [0.15, 0.2) is 12.0 Å². The summed E-state index contributed by atoms with van der Waals surface area (Å²) in [4.78, 5) is 22.8. The zero-order valence-corrected chi connectivity index (χ0v) is 7.19. The van der Waals surface area contributed by atoms with Crippen molar-refractivity contribution in [2.24, 2.45) is 0 Å². The summed E-state index contributed by atoms with van der Waals surface area (Å²) >= 11 is 4.81. The molecule has 0 bridgehead atoms. The zero-order chi connectivity index (χ0) is 10.7. The number of pyridine rings is 1. The molecular weight excluding hydrogens is 219 g/mol. The molecule has 1 heterocycles. The second-order valence-electron chi connectivity index (χ2n) is 2.07. The SMILES string of the molecule is O=C(Cl)Oc1cc(F)cnc1[N+](=O)[O-]. The Balaban J connectivity index is 3.15. The summed E-state index contributed by atoms with van der Waals surface area (Å²) in [6, 6.07) is 0.644. The van der Waals surface area contributed by atoms with E-state index in [2.05, 4.69) is 9.72 Å². The second kappa shape index (κ2) is 3.97. The maximum Gasteiger partial charge on any atom is 0.409 e. The van der Waals surface area contributed by atoms with Crippen molar-refractivity contribution in [3.8, 4) is 5.75 Å². The average Bonchev–Trinajstić information content (AvgIpc) is 2.01. The summed E-state index contributed by atoms with van der Waals surface area (Å²) in [7, 11) is 0. The van der Waals surface area contributed by atoms with Gasteiger partial charge in [-0.3, -0.25) is 0 Å². The van der Waals surface area contributed by atoms with Gasteiger partial charge in [-0.05, 0) is 9.91 Å². The maximum atomic E-state index is 12.5. The number of nitro groups is 1. The first kappa shape index (κ1) is 10.3. The second-order valence-corrected chi connectivity index (χ2v) is 2.38. The van der Waals surface area contributed by atoms with Gasteiger partial charge in [-0.1, -0.05) is 0 Å². The van der Waals surface area contributed by atoms with Gasteiger partial charge in [-0.25, -0.2) is 9.18 Å². The van der Waals surface area contributed by atoms with Crippen LogP contribution in [-0.2, 0) is 0 Å².